The second-order valence-corrected chi connectivity index (χ2v) is 5.52. The van der Waals surface area contributed by atoms with Crippen LogP contribution in [0.15, 0.2) is 23.6 Å². The summed E-state index contributed by atoms with van der Waals surface area (Å²) in [5.41, 5.74) is 1.40. The van der Waals surface area contributed by atoms with Crippen molar-refractivity contribution in [1.82, 2.24) is 9.97 Å². The summed E-state index contributed by atoms with van der Waals surface area (Å²) in [5, 5.41) is 2.38. The number of thiophene rings is 1. The lowest BCUT2D eigenvalue weighted by atomic mass is 10.2. The lowest BCUT2D eigenvalue weighted by Gasteiger charge is -2.05. The second kappa shape index (κ2) is 5.07. The predicted octanol–water partition coefficient (Wildman–Crippen LogP) is 4.85. The molecule has 6 heteroatoms. The summed E-state index contributed by atoms with van der Waals surface area (Å²) in [7, 11) is 0. The van der Waals surface area contributed by atoms with Crippen LogP contribution in [0.3, 0.4) is 0 Å². The van der Waals surface area contributed by atoms with Crippen molar-refractivity contribution in [3.63, 3.8) is 0 Å². The predicted molar refractivity (Wildman–Crippen MR) is 77.2 cm³/mol. The summed E-state index contributed by atoms with van der Waals surface area (Å²) in [6.07, 6.45) is 0.843. The van der Waals surface area contributed by atoms with Crippen molar-refractivity contribution in [1.29, 1.82) is 0 Å². The smallest absolute Gasteiger partial charge is 0.171 e. The minimum absolute atomic E-state index is 0.124. The number of hydrogen-bond donors (Lipinski definition) is 0. The topological polar surface area (TPSA) is 25.8 Å². The average Bonchev–Trinajstić information content (AvgIpc) is 2.89. The SMILES string of the molecule is CCc1ccsc1-c1nc(Cl)c2cc(F)c(F)cc2n1. The third-order valence-electron chi connectivity index (χ3n) is 3.02. The van der Waals surface area contributed by atoms with Crippen LogP contribution in [0.4, 0.5) is 8.78 Å². The molecule has 2 nitrogen and oxygen atoms in total. The number of aryl methyl sites for hydroxylation is 1. The molecule has 2 aromatic heterocycles. The Balaban J connectivity index is 2.26. The number of nitrogens with zero attached hydrogens (tertiary/aromatic N) is 2. The molecule has 0 aliphatic carbocycles. The highest BCUT2D eigenvalue weighted by Crippen LogP contribution is 2.31. The van der Waals surface area contributed by atoms with Gasteiger partial charge in [0.1, 0.15) is 5.15 Å². The fraction of sp³-hybridized carbons (Fsp3) is 0.143. The molecule has 0 radical (unpaired) electrons. The molecule has 0 saturated heterocycles. The molecule has 0 N–H and O–H groups in total. The van der Waals surface area contributed by atoms with Gasteiger partial charge in [0.25, 0.3) is 0 Å². The molecular weight excluding hydrogens is 302 g/mol. The molecule has 0 atom stereocenters. The third-order valence-corrected chi connectivity index (χ3v) is 4.26. The van der Waals surface area contributed by atoms with E-state index in [1.54, 1.807) is 0 Å². The summed E-state index contributed by atoms with van der Waals surface area (Å²) in [6.45, 7) is 2.03. The highest BCUT2D eigenvalue weighted by Gasteiger charge is 2.14. The van der Waals surface area contributed by atoms with Crippen molar-refractivity contribution in [2.24, 2.45) is 0 Å². The summed E-state index contributed by atoms with van der Waals surface area (Å²) < 4.78 is 26.6. The quantitative estimate of drug-likeness (QED) is 0.632. The lowest BCUT2D eigenvalue weighted by molar-refractivity contribution is 0.510. The Kier molecular flexibility index (Phi) is 3.40. The number of halogens is 3. The van der Waals surface area contributed by atoms with Crippen LogP contribution in [0, 0.1) is 11.6 Å². The van der Waals surface area contributed by atoms with E-state index in [2.05, 4.69) is 9.97 Å². The fourth-order valence-corrected chi connectivity index (χ4v) is 3.16. The van der Waals surface area contributed by atoms with Gasteiger partial charge in [0.15, 0.2) is 17.5 Å². The summed E-state index contributed by atoms with van der Waals surface area (Å²) >= 11 is 7.56. The fourth-order valence-electron chi connectivity index (χ4n) is 2.00. The molecule has 0 unspecified atom stereocenters. The van der Waals surface area contributed by atoms with Gasteiger partial charge >= 0.3 is 0 Å². The van der Waals surface area contributed by atoms with Gasteiger partial charge in [0, 0.05) is 11.5 Å². The molecule has 3 rings (SSSR count). The minimum Gasteiger partial charge on any atom is -0.227 e. The van der Waals surface area contributed by atoms with Gasteiger partial charge in [-0.25, -0.2) is 18.7 Å². The standard InChI is InChI=1S/C14H9ClF2N2S/c1-2-7-3-4-20-12(7)14-18-11-6-10(17)9(16)5-8(11)13(15)19-14/h3-6H,2H2,1H3. The van der Waals surface area contributed by atoms with Crippen molar-refractivity contribution >= 4 is 33.8 Å². The summed E-state index contributed by atoms with van der Waals surface area (Å²) in [4.78, 5) is 9.40. The number of hydrogen-bond acceptors (Lipinski definition) is 3. The van der Waals surface area contributed by atoms with E-state index >= 15 is 0 Å². The van der Waals surface area contributed by atoms with E-state index in [0.717, 1.165) is 29.0 Å². The van der Waals surface area contributed by atoms with Crippen molar-refractivity contribution in [3.05, 3.63) is 45.9 Å². The zero-order valence-corrected chi connectivity index (χ0v) is 12.0. The molecule has 3 aromatic rings. The lowest BCUT2D eigenvalue weighted by Crippen LogP contribution is -1.94. The van der Waals surface area contributed by atoms with Crippen LogP contribution in [0.1, 0.15) is 12.5 Å². The van der Waals surface area contributed by atoms with Crippen molar-refractivity contribution in [3.8, 4) is 10.7 Å². The largest absolute Gasteiger partial charge is 0.227 e. The van der Waals surface area contributed by atoms with Crippen LogP contribution in [0.2, 0.25) is 5.15 Å². The Labute approximate surface area is 123 Å². The first-order valence-electron chi connectivity index (χ1n) is 5.99. The molecule has 0 aliphatic rings. The third kappa shape index (κ3) is 2.17. The normalized spacial score (nSPS) is 11.2. The van der Waals surface area contributed by atoms with Crippen LogP contribution in [0.5, 0.6) is 0 Å². The van der Waals surface area contributed by atoms with E-state index in [4.69, 9.17) is 11.6 Å². The Hall–Kier alpha value is -1.59. The van der Waals surface area contributed by atoms with Crippen molar-refractivity contribution in [2.75, 3.05) is 0 Å². The van der Waals surface area contributed by atoms with Crippen LogP contribution < -0.4 is 0 Å². The van der Waals surface area contributed by atoms with Crippen molar-refractivity contribution < 1.29 is 8.78 Å². The second-order valence-electron chi connectivity index (χ2n) is 4.25. The number of rotatable bonds is 2. The van der Waals surface area contributed by atoms with Crippen LogP contribution in [-0.2, 0) is 6.42 Å². The highest BCUT2D eigenvalue weighted by atomic mass is 35.5. The van der Waals surface area contributed by atoms with E-state index in [0.29, 0.717) is 16.7 Å². The van der Waals surface area contributed by atoms with E-state index in [-0.39, 0.29) is 5.15 Å². The van der Waals surface area contributed by atoms with E-state index < -0.39 is 11.6 Å². The Morgan fingerprint density at radius 2 is 1.95 bits per heavy atom. The molecular formula is C14H9ClF2N2S. The van der Waals surface area contributed by atoms with Gasteiger partial charge in [0.05, 0.1) is 10.4 Å². The van der Waals surface area contributed by atoms with Gasteiger partial charge in [-0.05, 0) is 29.5 Å². The number of fused-ring (bicyclic) bond motifs is 1. The molecule has 0 fully saturated rings. The average molecular weight is 311 g/mol. The van der Waals surface area contributed by atoms with Gasteiger partial charge < -0.3 is 0 Å². The molecule has 0 amide bonds. The van der Waals surface area contributed by atoms with Gasteiger partial charge in [0.2, 0.25) is 0 Å². The molecule has 1 aromatic carbocycles. The summed E-state index contributed by atoms with van der Waals surface area (Å²) in [5.74, 6) is -1.46. The maximum Gasteiger partial charge on any atom is 0.171 e. The van der Waals surface area contributed by atoms with Crippen LogP contribution >= 0.6 is 22.9 Å². The van der Waals surface area contributed by atoms with E-state index in [9.17, 15) is 8.78 Å². The molecule has 0 spiro atoms. The molecule has 0 bridgehead atoms. The molecule has 20 heavy (non-hydrogen) atoms. The maximum atomic E-state index is 13.3. The van der Waals surface area contributed by atoms with Gasteiger partial charge in [-0.15, -0.1) is 11.3 Å². The van der Waals surface area contributed by atoms with Crippen LogP contribution in [0.25, 0.3) is 21.6 Å². The minimum atomic E-state index is -0.957. The Morgan fingerprint density at radius 3 is 2.70 bits per heavy atom. The molecule has 2 heterocycles. The number of aromatic nitrogens is 2. The maximum absolute atomic E-state index is 13.3. The zero-order chi connectivity index (χ0) is 14.3. The first-order valence-corrected chi connectivity index (χ1v) is 7.25. The molecule has 0 saturated carbocycles. The molecule has 102 valence electrons. The monoisotopic (exact) mass is 310 g/mol. The van der Waals surface area contributed by atoms with Gasteiger partial charge in [-0.3, -0.25) is 0 Å². The zero-order valence-electron chi connectivity index (χ0n) is 10.5. The molecule has 0 aliphatic heterocycles. The Bertz CT molecular complexity index is 801. The van der Waals surface area contributed by atoms with Gasteiger partial charge in [-0.2, -0.15) is 0 Å². The van der Waals surface area contributed by atoms with E-state index in [1.165, 1.54) is 11.3 Å². The Morgan fingerprint density at radius 1 is 1.20 bits per heavy atom. The number of benzene rings is 1. The highest BCUT2D eigenvalue weighted by molar-refractivity contribution is 7.13. The van der Waals surface area contributed by atoms with Crippen molar-refractivity contribution in [2.45, 2.75) is 13.3 Å². The first-order chi connectivity index (χ1) is 9.60. The van der Waals surface area contributed by atoms with Crippen LogP contribution in [-0.4, -0.2) is 9.97 Å². The van der Waals surface area contributed by atoms with Gasteiger partial charge in [-0.1, -0.05) is 18.5 Å². The van der Waals surface area contributed by atoms with E-state index in [1.807, 2.05) is 18.4 Å². The summed E-state index contributed by atoms with van der Waals surface area (Å²) in [6, 6.07) is 4.06. The first kappa shape index (κ1) is 13.4.